The molecule has 4 atom stereocenters. The molecular weight excluding hydrogens is 486 g/mol. The van der Waals surface area contributed by atoms with Crippen LogP contribution in [0.2, 0.25) is 5.02 Å². The summed E-state index contributed by atoms with van der Waals surface area (Å²) in [6.45, 7) is 0. The predicted octanol–water partition coefficient (Wildman–Crippen LogP) is 6.02. The first kappa shape index (κ1) is 22.0. The summed E-state index contributed by atoms with van der Waals surface area (Å²) in [7, 11) is 0. The first-order valence-electron chi connectivity index (χ1n) is 12.2. The highest BCUT2D eigenvalue weighted by atomic mass is 35.5. The molecule has 0 aromatic heterocycles. The molecular formula is C31H20ClNO4. The summed E-state index contributed by atoms with van der Waals surface area (Å²) >= 11 is 6.21. The lowest BCUT2D eigenvalue weighted by molar-refractivity contribution is -0.142. The molecule has 0 radical (unpaired) electrons. The van der Waals surface area contributed by atoms with Crippen LogP contribution < -0.4 is 9.64 Å². The number of carbonyl (C=O) groups is 3. The topological polar surface area (TPSA) is 63.7 Å². The number of nitrogens with zero attached hydrogens (tertiary/aromatic N) is 1. The maximum atomic E-state index is 14.0. The minimum atomic E-state index is -0.892. The van der Waals surface area contributed by atoms with Crippen molar-refractivity contribution in [1.29, 1.82) is 0 Å². The number of anilines is 1. The number of carbonyl (C=O) groups excluding carboxylic acids is 3. The van der Waals surface area contributed by atoms with E-state index in [2.05, 4.69) is 0 Å². The number of rotatable bonds is 2. The molecule has 1 fully saturated rings. The fourth-order valence-corrected chi connectivity index (χ4v) is 6.39. The summed E-state index contributed by atoms with van der Waals surface area (Å²) in [5.41, 5.74) is 2.87. The van der Waals surface area contributed by atoms with E-state index in [9.17, 15) is 14.4 Å². The monoisotopic (exact) mass is 505 g/mol. The van der Waals surface area contributed by atoms with E-state index >= 15 is 0 Å². The molecule has 1 saturated heterocycles. The van der Waals surface area contributed by atoms with Crippen LogP contribution in [0, 0.1) is 17.8 Å². The summed E-state index contributed by atoms with van der Waals surface area (Å²) < 4.78 is 5.82. The van der Waals surface area contributed by atoms with Gasteiger partial charge in [0.15, 0.2) is 0 Å². The van der Waals surface area contributed by atoms with Crippen LogP contribution in [0.25, 0.3) is 16.3 Å². The maximum absolute atomic E-state index is 14.0. The quantitative estimate of drug-likeness (QED) is 0.190. The van der Waals surface area contributed by atoms with Gasteiger partial charge in [0.05, 0.1) is 23.4 Å². The van der Waals surface area contributed by atoms with E-state index in [4.69, 9.17) is 16.3 Å². The van der Waals surface area contributed by atoms with Gasteiger partial charge in [-0.2, -0.15) is 0 Å². The Morgan fingerprint density at radius 2 is 1.51 bits per heavy atom. The average molecular weight is 506 g/mol. The van der Waals surface area contributed by atoms with Crippen molar-refractivity contribution in [3.05, 3.63) is 113 Å². The molecule has 0 unspecified atom stereocenters. The van der Waals surface area contributed by atoms with Crippen molar-refractivity contribution < 1.29 is 19.1 Å². The SMILES string of the molecule is O=C1Oc2ccc3ccccc3c2C2=C[C@H](c3ccccc3)[C@@H]3C(=O)N(c4cccc(Cl)c4)C(=O)[C@H]3[C@H]12. The second-order valence-corrected chi connectivity index (χ2v) is 10.1. The van der Waals surface area contributed by atoms with Crippen molar-refractivity contribution in [1.82, 2.24) is 0 Å². The molecule has 180 valence electrons. The lowest BCUT2D eigenvalue weighted by Crippen LogP contribution is -2.42. The highest BCUT2D eigenvalue weighted by Gasteiger charge is 2.60. The van der Waals surface area contributed by atoms with Crippen molar-refractivity contribution in [2.75, 3.05) is 4.90 Å². The molecule has 2 amide bonds. The standard InChI is InChI=1S/C31H20ClNO4/c32-19-10-6-11-20(15-19)33-29(34)26-22(17-7-2-1-3-8-17)16-23-25-21-12-5-4-9-18(21)13-14-24(25)37-31(36)27(23)28(26)30(33)35/h1-16,22,26-28H/t22-,26+,27-,28-/m1/s1. The minimum absolute atomic E-state index is 0.335. The number of fused-ring (bicyclic) bond motifs is 7. The Labute approximate surface area is 217 Å². The number of hydrogen-bond donors (Lipinski definition) is 0. The van der Waals surface area contributed by atoms with Crippen LogP contribution in [0.1, 0.15) is 17.0 Å². The number of imide groups is 1. The van der Waals surface area contributed by atoms with Gasteiger partial charge in [0, 0.05) is 16.5 Å². The van der Waals surface area contributed by atoms with E-state index in [1.54, 1.807) is 30.3 Å². The van der Waals surface area contributed by atoms with E-state index in [1.165, 1.54) is 4.90 Å². The van der Waals surface area contributed by atoms with Gasteiger partial charge < -0.3 is 4.74 Å². The lowest BCUT2D eigenvalue weighted by atomic mass is 9.64. The van der Waals surface area contributed by atoms with Gasteiger partial charge in [-0.1, -0.05) is 84.4 Å². The molecule has 2 aliphatic heterocycles. The number of allylic oxidation sites excluding steroid dienone is 1. The predicted molar refractivity (Wildman–Crippen MR) is 141 cm³/mol. The summed E-state index contributed by atoms with van der Waals surface area (Å²) in [6, 6.07) is 28.0. The number of amides is 2. The first-order chi connectivity index (χ1) is 18.0. The zero-order chi connectivity index (χ0) is 25.3. The van der Waals surface area contributed by atoms with E-state index in [1.807, 2.05) is 66.7 Å². The lowest BCUT2D eigenvalue weighted by Gasteiger charge is -2.38. The van der Waals surface area contributed by atoms with Gasteiger partial charge in [0.1, 0.15) is 5.75 Å². The van der Waals surface area contributed by atoms with Gasteiger partial charge in [0.2, 0.25) is 11.8 Å². The molecule has 0 bridgehead atoms. The molecule has 5 nitrogen and oxygen atoms in total. The molecule has 0 spiro atoms. The Morgan fingerprint density at radius 1 is 0.757 bits per heavy atom. The van der Waals surface area contributed by atoms with Gasteiger partial charge in [0.25, 0.3) is 0 Å². The van der Waals surface area contributed by atoms with Gasteiger partial charge in [-0.3, -0.25) is 14.4 Å². The summed E-state index contributed by atoms with van der Waals surface area (Å²) in [5, 5.41) is 2.37. The summed E-state index contributed by atoms with van der Waals surface area (Å²) in [4.78, 5) is 42.7. The fourth-order valence-electron chi connectivity index (χ4n) is 6.20. The number of ether oxygens (including phenoxy) is 1. The molecule has 7 rings (SSSR count). The van der Waals surface area contributed by atoms with Crippen LogP contribution in [0.5, 0.6) is 5.75 Å². The third-order valence-electron chi connectivity index (χ3n) is 7.73. The Balaban J connectivity index is 1.48. The highest BCUT2D eigenvalue weighted by Crippen LogP contribution is 2.55. The first-order valence-corrected chi connectivity index (χ1v) is 12.5. The second kappa shape index (κ2) is 8.15. The largest absolute Gasteiger partial charge is 0.425 e. The van der Waals surface area contributed by atoms with Crippen LogP contribution in [0.15, 0.2) is 97.1 Å². The third-order valence-corrected chi connectivity index (χ3v) is 7.97. The van der Waals surface area contributed by atoms with Crippen LogP contribution >= 0.6 is 11.6 Å². The third kappa shape index (κ3) is 3.20. The van der Waals surface area contributed by atoms with E-state index in [0.29, 0.717) is 16.5 Å². The molecule has 37 heavy (non-hydrogen) atoms. The Bertz CT molecular complexity index is 1660. The van der Waals surface area contributed by atoms with E-state index in [-0.39, 0.29) is 5.91 Å². The van der Waals surface area contributed by atoms with Crippen molar-refractivity contribution >= 4 is 51.4 Å². The van der Waals surface area contributed by atoms with Gasteiger partial charge in [-0.05, 0) is 46.2 Å². The molecule has 0 saturated carbocycles. The number of benzene rings is 4. The molecule has 4 aromatic rings. The van der Waals surface area contributed by atoms with Gasteiger partial charge >= 0.3 is 5.97 Å². The summed E-state index contributed by atoms with van der Waals surface area (Å²) in [5.74, 6) is -3.69. The number of hydrogen-bond acceptors (Lipinski definition) is 4. The zero-order valence-electron chi connectivity index (χ0n) is 19.5. The molecule has 1 aliphatic carbocycles. The van der Waals surface area contributed by atoms with Crippen molar-refractivity contribution in [3.63, 3.8) is 0 Å². The molecule has 6 heteroatoms. The van der Waals surface area contributed by atoms with E-state index in [0.717, 1.165) is 27.5 Å². The molecule has 4 aromatic carbocycles. The fraction of sp³-hybridized carbons (Fsp3) is 0.129. The van der Waals surface area contributed by atoms with Crippen LogP contribution in [0.4, 0.5) is 5.69 Å². The molecule has 0 N–H and O–H groups in total. The number of halogens is 1. The second-order valence-electron chi connectivity index (χ2n) is 9.66. The van der Waals surface area contributed by atoms with Gasteiger partial charge in [-0.15, -0.1) is 0 Å². The smallest absolute Gasteiger partial charge is 0.319 e. The normalized spacial score (nSPS) is 24.3. The Morgan fingerprint density at radius 3 is 2.32 bits per heavy atom. The maximum Gasteiger partial charge on any atom is 0.319 e. The number of esters is 1. The zero-order valence-corrected chi connectivity index (χ0v) is 20.3. The van der Waals surface area contributed by atoms with Crippen molar-refractivity contribution in [2.24, 2.45) is 17.8 Å². The van der Waals surface area contributed by atoms with Crippen molar-refractivity contribution in [3.8, 4) is 5.75 Å². The average Bonchev–Trinajstić information content (AvgIpc) is 3.18. The Hall–Kier alpha value is -4.22. The van der Waals surface area contributed by atoms with Crippen LogP contribution in [0.3, 0.4) is 0 Å². The highest BCUT2D eigenvalue weighted by molar-refractivity contribution is 6.31. The van der Waals surface area contributed by atoms with Crippen LogP contribution in [-0.4, -0.2) is 17.8 Å². The van der Waals surface area contributed by atoms with Gasteiger partial charge in [-0.25, -0.2) is 4.90 Å². The van der Waals surface area contributed by atoms with Crippen LogP contribution in [-0.2, 0) is 14.4 Å². The van der Waals surface area contributed by atoms with E-state index < -0.39 is 35.5 Å². The van der Waals surface area contributed by atoms with Crippen molar-refractivity contribution in [2.45, 2.75) is 5.92 Å². The minimum Gasteiger partial charge on any atom is -0.425 e. The summed E-state index contributed by atoms with van der Waals surface area (Å²) in [6.07, 6.45) is 2.01. The Kier molecular flexibility index (Phi) is 4.85. The molecule has 3 aliphatic rings. The molecule has 2 heterocycles.